The molecule has 0 saturated heterocycles. The molecule has 2 heterocycles. The maximum atomic E-state index is 13.7. The highest BCUT2D eigenvalue weighted by atomic mass is 16.3. The quantitative estimate of drug-likeness (QED) is 0.397. The molecule has 2 atom stereocenters. The van der Waals surface area contributed by atoms with Crippen molar-refractivity contribution in [3.63, 3.8) is 0 Å². The monoisotopic (exact) mass is 443 g/mol. The summed E-state index contributed by atoms with van der Waals surface area (Å²) in [6.45, 7) is 8.29. The van der Waals surface area contributed by atoms with Gasteiger partial charge < -0.3 is 14.6 Å². The average molecular weight is 444 g/mol. The fraction of sp³-hybridized carbons (Fsp3) is 0.708. The van der Waals surface area contributed by atoms with Crippen molar-refractivity contribution in [3.8, 4) is 12.3 Å². The SMILES string of the molecule is C#CCCC1(CCC(=O)N(C(CCC)CCCC)C(C(=O)NCC)c2coc(C)n2)N=N1. The summed E-state index contributed by atoms with van der Waals surface area (Å²) in [7, 11) is 0. The third-order valence-corrected chi connectivity index (χ3v) is 5.78. The molecule has 8 heteroatoms. The molecule has 0 fully saturated rings. The number of aromatic nitrogens is 1. The molecule has 1 aromatic rings. The molecule has 176 valence electrons. The zero-order valence-corrected chi connectivity index (χ0v) is 19.9. The first-order chi connectivity index (χ1) is 15.4. The molecule has 1 N–H and O–H groups in total. The minimum atomic E-state index is -0.831. The molecule has 0 spiro atoms. The number of nitrogens with zero attached hydrogens (tertiary/aromatic N) is 4. The Hall–Kier alpha value is -2.69. The highest BCUT2D eigenvalue weighted by molar-refractivity contribution is 5.88. The molecule has 2 amide bonds. The van der Waals surface area contributed by atoms with Crippen LogP contribution in [0.4, 0.5) is 0 Å². The van der Waals surface area contributed by atoms with Crippen LogP contribution in [0.2, 0.25) is 0 Å². The lowest BCUT2D eigenvalue weighted by molar-refractivity contribution is -0.144. The van der Waals surface area contributed by atoms with Crippen molar-refractivity contribution in [1.29, 1.82) is 0 Å². The number of likely N-dealkylation sites (N-methyl/N-ethyl adjacent to an activating group) is 1. The summed E-state index contributed by atoms with van der Waals surface area (Å²) in [4.78, 5) is 33.0. The van der Waals surface area contributed by atoms with E-state index in [4.69, 9.17) is 10.8 Å². The lowest BCUT2D eigenvalue weighted by Gasteiger charge is -2.37. The van der Waals surface area contributed by atoms with E-state index in [9.17, 15) is 9.59 Å². The second kappa shape index (κ2) is 12.4. The Balaban J connectivity index is 2.34. The fourth-order valence-electron chi connectivity index (χ4n) is 4.04. The van der Waals surface area contributed by atoms with E-state index >= 15 is 0 Å². The molecule has 0 aliphatic carbocycles. The molecule has 8 nitrogen and oxygen atoms in total. The van der Waals surface area contributed by atoms with E-state index in [0.717, 1.165) is 32.1 Å². The van der Waals surface area contributed by atoms with Gasteiger partial charge in [0.2, 0.25) is 11.8 Å². The number of carbonyl (C=O) groups excluding carboxylic acids is 2. The summed E-state index contributed by atoms with van der Waals surface area (Å²) in [6.07, 6.45) is 13.4. The van der Waals surface area contributed by atoms with Crippen LogP contribution in [0.1, 0.15) is 96.2 Å². The third kappa shape index (κ3) is 6.91. The Morgan fingerprint density at radius 1 is 1.22 bits per heavy atom. The number of rotatable bonds is 15. The van der Waals surface area contributed by atoms with Gasteiger partial charge in [0.1, 0.15) is 12.0 Å². The van der Waals surface area contributed by atoms with Crippen molar-refractivity contribution in [1.82, 2.24) is 15.2 Å². The van der Waals surface area contributed by atoms with Gasteiger partial charge >= 0.3 is 0 Å². The number of terminal acetylenes is 1. The predicted octanol–water partition coefficient (Wildman–Crippen LogP) is 4.70. The zero-order chi connectivity index (χ0) is 23.6. The second-order valence-corrected chi connectivity index (χ2v) is 8.36. The molecule has 0 aromatic carbocycles. The van der Waals surface area contributed by atoms with Crippen molar-refractivity contribution in [2.45, 2.75) is 103 Å². The highest BCUT2D eigenvalue weighted by Crippen LogP contribution is 2.38. The molecule has 1 aliphatic heterocycles. The summed E-state index contributed by atoms with van der Waals surface area (Å²) >= 11 is 0. The molecule has 32 heavy (non-hydrogen) atoms. The largest absolute Gasteiger partial charge is 0.449 e. The fourth-order valence-corrected chi connectivity index (χ4v) is 4.04. The van der Waals surface area contributed by atoms with Crippen LogP contribution in [-0.4, -0.2) is 39.9 Å². The number of amides is 2. The minimum Gasteiger partial charge on any atom is -0.449 e. The maximum absolute atomic E-state index is 13.7. The van der Waals surface area contributed by atoms with Crippen LogP contribution in [0, 0.1) is 19.3 Å². The van der Waals surface area contributed by atoms with Crippen LogP contribution in [-0.2, 0) is 9.59 Å². The van der Waals surface area contributed by atoms with Crippen LogP contribution in [0.15, 0.2) is 20.9 Å². The van der Waals surface area contributed by atoms with Gasteiger partial charge in [-0.15, -0.1) is 12.3 Å². The average Bonchev–Trinajstić information content (AvgIpc) is 3.43. The Morgan fingerprint density at radius 2 is 1.97 bits per heavy atom. The lowest BCUT2D eigenvalue weighted by Crippen LogP contribution is -2.49. The van der Waals surface area contributed by atoms with E-state index < -0.39 is 11.7 Å². The normalized spacial score (nSPS) is 15.6. The van der Waals surface area contributed by atoms with Gasteiger partial charge in [-0.1, -0.05) is 33.1 Å². The number of nitrogens with one attached hydrogen (secondary N) is 1. The molecule has 0 radical (unpaired) electrons. The summed E-state index contributed by atoms with van der Waals surface area (Å²) in [5.74, 6) is 2.75. The predicted molar refractivity (Wildman–Crippen MR) is 123 cm³/mol. The van der Waals surface area contributed by atoms with Crippen molar-refractivity contribution >= 4 is 11.8 Å². The molecule has 1 aliphatic rings. The topological polar surface area (TPSA) is 100 Å². The van der Waals surface area contributed by atoms with Gasteiger partial charge in [-0.3, -0.25) is 9.59 Å². The van der Waals surface area contributed by atoms with Crippen LogP contribution in [0.3, 0.4) is 0 Å². The first-order valence-corrected chi connectivity index (χ1v) is 11.8. The Bertz CT molecular complexity index is 820. The van der Waals surface area contributed by atoms with E-state index in [0.29, 0.717) is 37.4 Å². The standard InChI is InChI=1S/C24H37N5O3/c1-6-10-13-19(12-8-3)29(21(30)14-16-24(27-28-24)15-11-7-2)22(23(31)25-9-4)20-17-32-18(5)26-20/h2,17,19,22H,6,8-16H2,1,3-5H3,(H,25,31). The maximum Gasteiger partial charge on any atom is 0.249 e. The van der Waals surface area contributed by atoms with Crippen LogP contribution in [0.25, 0.3) is 0 Å². The van der Waals surface area contributed by atoms with E-state index in [1.54, 1.807) is 11.8 Å². The summed E-state index contributed by atoms with van der Waals surface area (Å²) < 4.78 is 5.42. The number of aryl methyl sites for hydroxylation is 1. The molecule has 0 saturated carbocycles. The first kappa shape index (κ1) is 25.6. The Labute approximate surface area is 191 Å². The Morgan fingerprint density at radius 3 is 2.50 bits per heavy atom. The van der Waals surface area contributed by atoms with Crippen molar-refractivity contribution in [3.05, 3.63) is 17.8 Å². The van der Waals surface area contributed by atoms with Gasteiger partial charge in [0.15, 0.2) is 17.6 Å². The number of unbranched alkanes of at least 4 members (excludes halogenated alkanes) is 1. The van der Waals surface area contributed by atoms with Gasteiger partial charge in [-0.05, 0) is 19.8 Å². The van der Waals surface area contributed by atoms with Crippen LogP contribution in [0.5, 0.6) is 0 Å². The molecule has 2 unspecified atom stereocenters. The molecule has 2 rings (SSSR count). The third-order valence-electron chi connectivity index (χ3n) is 5.78. The van der Waals surface area contributed by atoms with E-state index in [2.05, 4.69) is 40.3 Å². The molecule has 1 aromatic heterocycles. The summed E-state index contributed by atoms with van der Waals surface area (Å²) in [5.41, 5.74) is -0.0783. The summed E-state index contributed by atoms with van der Waals surface area (Å²) in [5, 5.41) is 11.2. The van der Waals surface area contributed by atoms with Crippen molar-refractivity contribution in [2.24, 2.45) is 10.2 Å². The van der Waals surface area contributed by atoms with E-state index in [-0.39, 0.29) is 24.3 Å². The number of carbonyl (C=O) groups is 2. The zero-order valence-electron chi connectivity index (χ0n) is 19.9. The van der Waals surface area contributed by atoms with Crippen molar-refractivity contribution < 1.29 is 14.0 Å². The lowest BCUT2D eigenvalue weighted by atomic mass is 9.97. The number of hydrogen-bond acceptors (Lipinski definition) is 6. The molecular formula is C24H37N5O3. The van der Waals surface area contributed by atoms with Crippen molar-refractivity contribution in [2.75, 3.05) is 6.54 Å². The molecular weight excluding hydrogens is 406 g/mol. The Kier molecular flexibility index (Phi) is 9.89. The van der Waals surface area contributed by atoms with Gasteiger partial charge in [0.25, 0.3) is 0 Å². The van der Waals surface area contributed by atoms with Gasteiger partial charge in [-0.2, -0.15) is 10.2 Å². The van der Waals surface area contributed by atoms with Gasteiger partial charge in [-0.25, -0.2) is 4.98 Å². The van der Waals surface area contributed by atoms with Gasteiger partial charge in [0.05, 0.1) is 0 Å². The number of oxazole rings is 1. The van der Waals surface area contributed by atoms with Crippen LogP contribution >= 0.6 is 0 Å². The van der Waals surface area contributed by atoms with E-state index in [1.165, 1.54) is 6.26 Å². The number of hydrogen-bond donors (Lipinski definition) is 1. The van der Waals surface area contributed by atoms with E-state index in [1.807, 2.05) is 6.92 Å². The smallest absolute Gasteiger partial charge is 0.249 e. The summed E-state index contributed by atoms with van der Waals surface area (Å²) in [6, 6.07) is -0.894. The van der Waals surface area contributed by atoms with Crippen LogP contribution < -0.4 is 5.32 Å². The molecule has 0 bridgehead atoms. The van der Waals surface area contributed by atoms with Gasteiger partial charge in [0, 0.05) is 45.2 Å². The second-order valence-electron chi connectivity index (χ2n) is 8.36. The highest BCUT2D eigenvalue weighted by Gasteiger charge is 2.42. The first-order valence-electron chi connectivity index (χ1n) is 11.8. The minimum absolute atomic E-state index is 0.0631.